The first-order valence-corrected chi connectivity index (χ1v) is 13.8. The van der Waals surface area contributed by atoms with Crippen molar-refractivity contribution in [1.29, 1.82) is 0 Å². The Morgan fingerprint density at radius 1 is 1.09 bits per heavy atom. The molecule has 0 amide bonds. The van der Waals surface area contributed by atoms with E-state index in [4.69, 9.17) is 29.1 Å². The molecule has 1 aliphatic rings. The van der Waals surface area contributed by atoms with Gasteiger partial charge in [0.05, 0.1) is 26.5 Å². The van der Waals surface area contributed by atoms with E-state index in [-0.39, 0.29) is 5.97 Å². The number of aliphatic carboxylic acids is 1. The largest absolute Gasteiger partial charge is 0.493 e. The normalized spacial score (nSPS) is 13.0. The first kappa shape index (κ1) is 33.1. The second-order valence-corrected chi connectivity index (χ2v) is 9.80. The van der Waals surface area contributed by atoms with Crippen LogP contribution in [-0.4, -0.2) is 85.2 Å². The Morgan fingerprint density at radius 2 is 1.77 bits per heavy atom. The standard InChI is InChI=1S/C24H31N7O4S.C2HF3O2/c1-5-35-22(32)21-15(2)27-24(36-21)30-23-28-19(13-20(29-23)31-10-8-25-9-11-31)26-14-16-6-7-17(33-3)18(12-16)34-4;3-2(4,5)1(6)7/h6-7,12-13,25H,5,8-11,14H2,1-4H3,(H2,26,27,28,29,30);(H,6,7). The number of alkyl halides is 3. The summed E-state index contributed by atoms with van der Waals surface area (Å²) in [5.41, 5.74) is 1.62. The second-order valence-electron chi connectivity index (χ2n) is 8.80. The van der Waals surface area contributed by atoms with Crippen LogP contribution in [0.1, 0.15) is 27.9 Å². The average Bonchev–Trinajstić information content (AvgIpc) is 3.35. The molecule has 1 aromatic carbocycles. The summed E-state index contributed by atoms with van der Waals surface area (Å²) in [5.74, 6) is 0.0693. The molecule has 0 saturated carbocycles. The van der Waals surface area contributed by atoms with Gasteiger partial charge in [0.1, 0.15) is 16.5 Å². The molecule has 3 aromatic rings. The third-order valence-corrected chi connectivity index (χ3v) is 6.85. The van der Waals surface area contributed by atoms with Crippen LogP contribution < -0.4 is 30.3 Å². The number of anilines is 4. The number of esters is 1. The van der Waals surface area contributed by atoms with Crippen molar-refractivity contribution in [2.45, 2.75) is 26.6 Å². The highest BCUT2D eigenvalue weighted by atomic mass is 32.1. The number of carboxylic acid groups (broad SMARTS) is 1. The first-order valence-electron chi connectivity index (χ1n) is 13.0. The minimum atomic E-state index is -5.08. The van der Waals surface area contributed by atoms with E-state index in [1.807, 2.05) is 24.3 Å². The Labute approximate surface area is 249 Å². The highest BCUT2D eigenvalue weighted by molar-refractivity contribution is 7.17. The molecule has 4 N–H and O–H groups in total. The van der Waals surface area contributed by atoms with Crippen molar-refractivity contribution < 1.29 is 42.1 Å². The van der Waals surface area contributed by atoms with Crippen molar-refractivity contribution in [2.24, 2.45) is 0 Å². The van der Waals surface area contributed by atoms with Gasteiger partial charge < -0.3 is 34.9 Å². The van der Waals surface area contributed by atoms with Crippen molar-refractivity contribution in [1.82, 2.24) is 20.3 Å². The molecule has 1 saturated heterocycles. The van der Waals surface area contributed by atoms with Gasteiger partial charge in [0.25, 0.3) is 0 Å². The molecule has 234 valence electrons. The van der Waals surface area contributed by atoms with Crippen LogP contribution >= 0.6 is 11.3 Å². The molecule has 1 aliphatic heterocycles. The van der Waals surface area contributed by atoms with Gasteiger partial charge in [0.2, 0.25) is 5.95 Å². The monoisotopic (exact) mass is 627 g/mol. The minimum absolute atomic E-state index is 0.309. The lowest BCUT2D eigenvalue weighted by Gasteiger charge is -2.28. The van der Waals surface area contributed by atoms with Gasteiger partial charge >= 0.3 is 18.1 Å². The molecule has 0 spiro atoms. The maximum atomic E-state index is 12.2. The van der Waals surface area contributed by atoms with E-state index in [0.717, 1.165) is 37.6 Å². The van der Waals surface area contributed by atoms with E-state index in [0.29, 0.717) is 52.1 Å². The Bertz CT molecular complexity index is 1400. The summed E-state index contributed by atoms with van der Waals surface area (Å²) in [5, 5.41) is 17.6. The third kappa shape index (κ3) is 9.57. The lowest BCUT2D eigenvalue weighted by molar-refractivity contribution is -0.192. The number of carbonyl (C=O) groups excluding carboxylic acids is 1. The second kappa shape index (κ2) is 15.2. The number of nitrogens with zero attached hydrogens (tertiary/aromatic N) is 4. The smallest absolute Gasteiger partial charge is 0.490 e. The number of benzene rings is 1. The van der Waals surface area contributed by atoms with Crippen LogP contribution in [0.5, 0.6) is 11.5 Å². The molecule has 4 rings (SSSR count). The Balaban J connectivity index is 0.000000646. The number of hydrogen-bond acceptors (Lipinski definition) is 13. The fraction of sp³-hybridized carbons (Fsp3) is 0.423. The molecule has 0 bridgehead atoms. The SMILES string of the molecule is CCOC(=O)c1sc(Nc2nc(NCc3ccc(OC)c(OC)c3)cc(N3CCNCC3)n2)nc1C.O=C(O)C(F)(F)F. The number of aryl methyl sites for hydroxylation is 1. The van der Waals surface area contributed by atoms with Crippen molar-refractivity contribution in [3.05, 3.63) is 40.4 Å². The van der Waals surface area contributed by atoms with Crippen molar-refractivity contribution in [3.8, 4) is 11.5 Å². The summed E-state index contributed by atoms with van der Waals surface area (Å²) in [6.07, 6.45) is -5.08. The molecule has 0 aliphatic carbocycles. The molecule has 0 atom stereocenters. The molecule has 0 unspecified atom stereocenters. The highest BCUT2D eigenvalue weighted by Crippen LogP contribution is 2.29. The van der Waals surface area contributed by atoms with E-state index >= 15 is 0 Å². The van der Waals surface area contributed by atoms with Crippen LogP contribution in [0, 0.1) is 6.92 Å². The molecule has 1 fully saturated rings. The van der Waals surface area contributed by atoms with Gasteiger partial charge in [0.15, 0.2) is 16.6 Å². The topological polar surface area (TPSA) is 160 Å². The number of ether oxygens (including phenoxy) is 3. The van der Waals surface area contributed by atoms with Gasteiger partial charge in [-0.05, 0) is 31.5 Å². The predicted octanol–water partition coefficient (Wildman–Crippen LogP) is 3.83. The van der Waals surface area contributed by atoms with Gasteiger partial charge in [-0.15, -0.1) is 0 Å². The molecule has 13 nitrogen and oxygen atoms in total. The van der Waals surface area contributed by atoms with Crippen LogP contribution in [0.3, 0.4) is 0 Å². The van der Waals surface area contributed by atoms with Crippen LogP contribution in [0.25, 0.3) is 0 Å². The molecule has 0 radical (unpaired) electrons. The Hall–Kier alpha value is -4.38. The number of carbonyl (C=O) groups is 2. The van der Waals surface area contributed by atoms with E-state index in [1.165, 1.54) is 11.3 Å². The van der Waals surface area contributed by atoms with Crippen molar-refractivity contribution in [2.75, 3.05) is 62.5 Å². The zero-order valence-electron chi connectivity index (χ0n) is 23.9. The molecular weight excluding hydrogens is 595 g/mol. The van der Waals surface area contributed by atoms with E-state index in [9.17, 15) is 18.0 Å². The average molecular weight is 628 g/mol. The maximum Gasteiger partial charge on any atom is 0.490 e. The summed E-state index contributed by atoms with van der Waals surface area (Å²) in [4.78, 5) is 37.6. The fourth-order valence-corrected chi connectivity index (χ4v) is 4.61. The van der Waals surface area contributed by atoms with Crippen LogP contribution in [0.2, 0.25) is 0 Å². The quantitative estimate of drug-likeness (QED) is 0.240. The third-order valence-electron chi connectivity index (χ3n) is 5.79. The highest BCUT2D eigenvalue weighted by Gasteiger charge is 2.38. The first-order chi connectivity index (χ1) is 20.4. The number of aromatic nitrogens is 3. The number of carboxylic acids is 1. The number of nitrogens with one attached hydrogen (secondary N) is 3. The molecule has 17 heteroatoms. The maximum absolute atomic E-state index is 12.2. The Morgan fingerprint density at radius 3 is 2.37 bits per heavy atom. The lowest BCUT2D eigenvalue weighted by Crippen LogP contribution is -2.44. The van der Waals surface area contributed by atoms with Gasteiger partial charge in [-0.25, -0.2) is 14.6 Å². The van der Waals surface area contributed by atoms with E-state index < -0.39 is 12.1 Å². The number of methoxy groups -OCH3 is 2. The van der Waals surface area contributed by atoms with E-state index in [2.05, 4.69) is 30.8 Å². The van der Waals surface area contributed by atoms with E-state index in [1.54, 1.807) is 28.1 Å². The Kier molecular flexibility index (Phi) is 11.7. The zero-order chi connectivity index (χ0) is 31.6. The van der Waals surface area contributed by atoms with Crippen LogP contribution in [0.15, 0.2) is 24.3 Å². The summed E-state index contributed by atoms with van der Waals surface area (Å²) >= 11 is 1.22. The number of rotatable bonds is 10. The summed E-state index contributed by atoms with van der Waals surface area (Å²) < 4.78 is 47.6. The predicted molar refractivity (Wildman–Crippen MR) is 154 cm³/mol. The minimum Gasteiger partial charge on any atom is -0.493 e. The number of thiazole rings is 1. The molecule has 2 aromatic heterocycles. The van der Waals surface area contributed by atoms with Crippen LogP contribution in [-0.2, 0) is 16.1 Å². The molecule has 3 heterocycles. The lowest BCUT2D eigenvalue weighted by atomic mass is 10.2. The summed E-state index contributed by atoms with van der Waals surface area (Å²) in [7, 11) is 3.23. The fourth-order valence-electron chi connectivity index (χ4n) is 3.75. The van der Waals surface area contributed by atoms with Crippen LogP contribution in [0.4, 0.5) is 35.9 Å². The number of halogens is 3. The summed E-state index contributed by atoms with van der Waals surface area (Å²) in [6.45, 7) is 7.85. The van der Waals surface area contributed by atoms with Crippen molar-refractivity contribution in [3.63, 3.8) is 0 Å². The number of piperazine rings is 1. The zero-order valence-corrected chi connectivity index (χ0v) is 24.7. The van der Waals surface area contributed by atoms with Gasteiger partial charge in [-0.1, -0.05) is 17.4 Å². The summed E-state index contributed by atoms with van der Waals surface area (Å²) in [6, 6.07) is 7.72. The van der Waals surface area contributed by atoms with Gasteiger partial charge in [-0.3, -0.25) is 5.32 Å². The molecular formula is C26H32F3N7O6S. The van der Waals surface area contributed by atoms with Gasteiger partial charge in [-0.2, -0.15) is 23.1 Å². The molecule has 43 heavy (non-hydrogen) atoms. The van der Waals surface area contributed by atoms with Gasteiger partial charge in [0, 0.05) is 38.8 Å². The van der Waals surface area contributed by atoms with Crippen molar-refractivity contribution >= 4 is 46.0 Å². The number of hydrogen-bond donors (Lipinski definition) is 4.